The molecule has 0 aliphatic rings. The molecule has 7 heteroatoms. The van der Waals surface area contributed by atoms with Crippen molar-refractivity contribution in [3.63, 3.8) is 0 Å². The predicted octanol–water partition coefficient (Wildman–Crippen LogP) is 1.10. The summed E-state index contributed by atoms with van der Waals surface area (Å²) in [4.78, 5) is 28.1. The number of nitrogens with two attached hydrogens (primary N) is 1. The normalized spacial score (nSPS) is 10.7. The lowest BCUT2D eigenvalue weighted by atomic mass is 10.3. The van der Waals surface area contributed by atoms with E-state index in [1.54, 1.807) is 12.1 Å². The lowest BCUT2D eigenvalue weighted by Crippen LogP contribution is -2.39. The predicted molar refractivity (Wildman–Crippen MR) is 78.0 cm³/mol. The van der Waals surface area contributed by atoms with Gasteiger partial charge in [-0.15, -0.1) is 0 Å². The average Bonchev–Trinajstić information content (AvgIpc) is 2.42. The number of nitrogens with zero attached hydrogens (tertiary/aromatic N) is 3. The lowest BCUT2D eigenvalue weighted by Gasteiger charge is -2.10. The first kappa shape index (κ1) is 14.3. The number of anilines is 1. The van der Waals surface area contributed by atoms with E-state index in [0.717, 1.165) is 11.0 Å². The van der Waals surface area contributed by atoms with Crippen LogP contribution in [0.25, 0.3) is 0 Å². The second kappa shape index (κ2) is 5.92. The molecule has 0 radical (unpaired) electrons. The second-order valence-corrected chi connectivity index (χ2v) is 4.79. The van der Waals surface area contributed by atoms with Crippen molar-refractivity contribution in [2.24, 2.45) is 0 Å². The largest absolute Gasteiger partial charge is 0.384 e. The summed E-state index contributed by atoms with van der Waals surface area (Å²) < 4.78 is 2.59. The number of halogens is 1. The molecule has 2 N–H and O–H groups in total. The van der Waals surface area contributed by atoms with Crippen molar-refractivity contribution in [3.05, 3.63) is 56.0 Å². The Balaban J connectivity index is 2.48. The van der Waals surface area contributed by atoms with Gasteiger partial charge in [0.25, 0.3) is 5.56 Å². The molecule has 2 rings (SSSR count). The van der Waals surface area contributed by atoms with Crippen molar-refractivity contribution in [1.29, 1.82) is 0 Å². The zero-order valence-electron chi connectivity index (χ0n) is 11.0. The summed E-state index contributed by atoms with van der Waals surface area (Å²) in [6.07, 6.45) is 2.30. The highest BCUT2D eigenvalue weighted by Gasteiger charge is 2.09. The van der Waals surface area contributed by atoms with Gasteiger partial charge in [0.15, 0.2) is 0 Å². The van der Waals surface area contributed by atoms with Crippen LogP contribution in [0.4, 0.5) is 5.82 Å². The Labute approximate surface area is 120 Å². The number of hydrogen-bond acceptors (Lipinski definition) is 4. The quantitative estimate of drug-likeness (QED) is 0.915. The van der Waals surface area contributed by atoms with Crippen LogP contribution in [0.2, 0.25) is 5.02 Å². The molecular weight excluding hydrogens is 280 g/mol. The highest BCUT2D eigenvalue weighted by atomic mass is 35.5. The van der Waals surface area contributed by atoms with Gasteiger partial charge in [0.2, 0.25) is 0 Å². The molecule has 20 heavy (non-hydrogen) atoms. The minimum Gasteiger partial charge on any atom is -0.384 e. The highest BCUT2D eigenvalue weighted by molar-refractivity contribution is 6.31. The van der Waals surface area contributed by atoms with Crippen molar-refractivity contribution in [2.45, 2.75) is 26.4 Å². The Bertz CT molecular complexity index is 736. The maximum atomic E-state index is 12.2. The molecule has 0 aliphatic heterocycles. The van der Waals surface area contributed by atoms with Gasteiger partial charge in [-0.2, -0.15) is 0 Å². The number of hydrogen-bond donors (Lipinski definition) is 1. The Morgan fingerprint density at radius 3 is 2.75 bits per heavy atom. The third-order valence-corrected chi connectivity index (χ3v) is 3.20. The molecule has 2 aromatic rings. The minimum atomic E-state index is -0.386. The Hall–Kier alpha value is -2.08. The smallest absolute Gasteiger partial charge is 0.331 e. The monoisotopic (exact) mass is 294 g/mol. The first-order chi connectivity index (χ1) is 9.52. The van der Waals surface area contributed by atoms with Gasteiger partial charge in [-0.25, -0.2) is 9.78 Å². The minimum absolute atomic E-state index is 0.00605. The van der Waals surface area contributed by atoms with Crippen molar-refractivity contribution < 1.29 is 0 Å². The molecule has 0 aliphatic carbocycles. The van der Waals surface area contributed by atoms with Crippen LogP contribution in [0.1, 0.15) is 19.0 Å². The number of nitrogen functional groups attached to an aromatic ring is 1. The zero-order chi connectivity index (χ0) is 14.7. The molecular formula is C13H15ClN4O2. The van der Waals surface area contributed by atoms with Crippen molar-refractivity contribution in [1.82, 2.24) is 14.1 Å². The third kappa shape index (κ3) is 2.91. The lowest BCUT2D eigenvalue weighted by molar-refractivity contribution is 0.567. The summed E-state index contributed by atoms with van der Waals surface area (Å²) in [5, 5.41) is 0.372. The Morgan fingerprint density at radius 2 is 2.05 bits per heavy atom. The maximum absolute atomic E-state index is 12.2. The average molecular weight is 295 g/mol. The number of aromatic nitrogens is 3. The van der Waals surface area contributed by atoms with Crippen LogP contribution in [0.15, 0.2) is 34.0 Å². The molecule has 0 amide bonds. The SMILES string of the molecule is CCCn1ccc(=O)n(Cc2nc(N)ccc2Cl)c1=O. The van der Waals surface area contributed by atoms with Crippen LogP contribution in [-0.4, -0.2) is 14.1 Å². The van der Waals surface area contributed by atoms with Crippen LogP contribution in [0.3, 0.4) is 0 Å². The second-order valence-electron chi connectivity index (χ2n) is 4.38. The fourth-order valence-corrected chi connectivity index (χ4v) is 2.04. The Morgan fingerprint density at radius 1 is 1.30 bits per heavy atom. The van der Waals surface area contributed by atoms with E-state index in [1.165, 1.54) is 16.8 Å². The van der Waals surface area contributed by atoms with E-state index in [0.29, 0.717) is 23.1 Å². The molecule has 0 fully saturated rings. The van der Waals surface area contributed by atoms with Gasteiger partial charge in [0.05, 0.1) is 17.3 Å². The summed E-state index contributed by atoms with van der Waals surface area (Å²) in [6.45, 7) is 2.52. The number of rotatable bonds is 4. The summed E-state index contributed by atoms with van der Waals surface area (Å²) in [7, 11) is 0. The first-order valence-electron chi connectivity index (χ1n) is 6.24. The fourth-order valence-electron chi connectivity index (χ4n) is 1.88. The molecule has 2 heterocycles. The number of pyridine rings is 1. The summed E-state index contributed by atoms with van der Waals surface area (Å²) >= 11 is 6.01. The van der Waals surface area contributed by atoms with E-state index in [2.05, 4.69) is 4.98 Å². The Kier molecular flexibility index (Phi) is 4.24. The topological polar surface area (TPSA) is 82.9 Å². The number of aryl methyl sites for hydroxylation is 1. The molecule has 0 spiro atoms. The van der Waals surface area contributed by atoms with E-state index in [1.807, 2.05) is 6.92 Å². The van der Waals surface area contributed by atoms with Gasteiger partial charge < -0.3 is 10.3 Å². The molecule has 2 aromatic heterocycles. The summed E-state index contributed by atoms with van der Waals surface area (Å²) in [6, 6.07) is 4.52. The summed E-state index contributed by atoms with van der Waals surface area (Å²) in [5.41, 5.74) is 5.24. The van der Waals surface area contributed by atoms with Gasteiger partial charge >= 0.3 is 5.69 Å². The highest BCUT2D eigenvalue weighted by Crippen LogP contribution is 2.15. The van der Waals surface area contributed by atoms with Gasteiger partial charge in [-0.05, 0) is 18.6 Å². The molecule has 0 bridgehead atoms. The molecule has 106 valence electrons. The maximum Gasteiger partial charge on any atom is 0.331 e. The first-order valence-corrected chi connectivity index (χ1v) is 6.62. The molecule has 0 saturated heterocycles. The molecule has 6 nitrogen and oxygen atoms in total. The van der Waals surface area contributed by atoms with Crippen LogP contribution in [0.5, 0.6) is 0 Å². The van der Waals surface area contributed by atoms with E-state index in [9.17, 15) is 9.59 Å². The fraction of sp³-hybridized carbons (Fsp3) is 0.308. The van der Waals surface area contributed by atoms with E-state index in [4.69, 9.17) is 17.3 Å². The van der Waals surface area contributed by atoms with Crippen LogP contribution >= 0.6 is 11.6 Å². The van der Waals surface area contributed by atoms with Crippen LogP contribution in [0, 0.1) is 0 Å². The van der Waals surface area contributed by atoms with E-state index in [-0.39, 0.29) is 17.8 Å². The van der Waals surface area contributed by atoms with Gasteiger partial charge in [0, 0.05) is 18.8 Å². The zero-order valence-corrected chi connectivity index (χ0v) is 11.8. The van der Waals surface area contributed by atoms with Gasteiger partial charge in [-0.1, -0.05) is 18.5 Å². The molecule has 0 atom stereocenters. The van der Waals surface area contributed by atoms with Crippen LogP contribution < -0.4 is 17.0 Å². The molecule has 0 saturated carbocycles. The van der Waals surface area contributed by atoms with Crippen molar-refractivity contribution in [2.75, 3.05) is 5.73 Å². The summed E-state index contributed by atoms with van der Waals surface area (Å²) in [5.74, 6) is 0.294. The standard InChI is InChI=1S/C13H15ClN4O2/c1-2-6-17-7-5-12(19)18(13(17)20)8-10-9(14)3-4-11(15)16-10/h3-5,7H,2,6,8H2,1H3,(H2,15,16). The van der Waals surface area contributed by atoms with Gasteiger partial charge in [-0.3, -0.25) is 9.36 Å². The van der Waals surface area contributed by atoms with Crippen LogP contribution in [-0.2, 0) is 13.1 Å². The van der Waals surface area contributed by atoms with E-state index < -0.39 is 0 Å². The van der Waals surface area contributed by atoms with Crippen molar-refractivity contribution >= 4 is 17.4 Å². The van der Waals surface area contributed by atoms with E-state index >= 15 is 0 Å². The third-order valence-electron chi connectivity index (χ3n) is 2.85. The van der Waals surface area contributed by atoms with Crippen molar-refractivity contribution in [3.8, 4) is 0 Å². The van der Waals surface area contributed by atoms with Gasteiger partial charge in [0.1, 0.15) is 5.82 Å². The molecule has 0 aromatic carbocycles. The molecule has 0 unspecified atom stereocenters.